The van der Waals surface area contributed by atoms with Gasteiger partial charge in [-0.3, -0.25) is 4.79 Å². The fourth-order valence-corrected chi connectivity index (χ4v) is 2.58. The minimum Gasteiger partial charge on any atom is -0.481 e. The van der Waals surface area contributed by atoms with Gasteiger partial charge in [0.15, 0.2) is 0 Å². The van der Waals surface area contributed by atoms with E-state index in [4.69, 9.17) is 4.74 Å². The van der Waals surface area contributed by atoms with Crippen molar-refractivity contribution < 1.29 is 9.53 Å². The van der Waals surface area contributed by atoms with Gasteiger partial charge in [-0.1, -0.05) is 37.3 Å². The molecule has 1 aromatic heterocycles. The number of carbonyl (C=O) groups is 1. The fourth-order valence-electron chi connectivity index (χ4n) is 2.58. The van der Waals surface area contributed by atoms with E-state index in [0.717, 1.165) is 0 Å². The van der Waals surface area contributed by atoms with Crippen LogP contribution in [0.1, 0.15) is 41.4 Å². The van der Waals surface area contributed by atoms with Gasteiger partial charge in [-0.25, -0.2) is 4.68 Å². The Morgan fingerprint density at radius 1 is 1.27 bits per heavy atom. The molecule has 118 valence electrons. The van der Waals surface area contributed by atoms with Crippen LogP contribution in [0.2, 0.25) is 0 Å². The molecule has 0 bridgehead atoms. The Kier molecular flexibility index (Phi) is 4.85. The number of aromatic nitrogens is 2. The van der Waals surface area contributed by atoms with E-state index in [-0.39, 0.29) is 17.9 Å². The zero-order valence-corrected chi connectivity index (χ0v) is 13.8. The number of methoxy groups -OCH3 is 1. The van der Waals surface area contributed by atoms with E-state index in [1.807, 2.05) is 32.0 Å². The molecular formula is C17H23N3O2. The van der Waals surface area contributed by atoms with E-state index >= 15 is 0 Å². The summed E-state index contributed by atoms with van der Waals surface area (Å²) < 4.78 is 6.86. The zero-order valence-electron chi connectivity index (χ0n) is 13.8. The molecule has 0 radical (unpaired) electrons. The lowest BCUT2D eigenvalue weighted by Gasteiger charge is -2.21. The molecule has 0 aliphatic heterocycles. The molecule has 0 fully saturated rings. The predicted octanol–water partition coefficient (Wildman–Crippen LogP) is 2.66. The van der Waals surface area contributed by atoms with Gasteiger partial charge in [0, 0.05) is 19.0 Å². The zero-order chi connectivity index (χ0) is 16.3. The van der Waals surface area contributed by atoms with Crippen molar-refractivity contribution in [1.29, 1.82) is 0 Å². The van der Waals surface area contributed by atoms with Crippen LogP contribution in [0.3, 0.4) is 0 Å². The second kappa shape index (κ2) is 6.64. The Labute approximate surface area is 131 Å². The highest BCUT2D eigenvalue weighted by molar-refractivity contribution is 5.97. The van der Waals surface area contributed by atoms with Crippen molar-refractivity contribution in [2.45, 2.75) is 32.7 Å². The predicted molar refractivity (Wildman–Crippen MR) is 86.3 cm³/mol. The van der Waals surface area contributed by atoms with E-state index in [2.05, 4.69) is 29.5 Å². The van der Waals surface area contributed by atoms with Crippen molar-refractivity contribution >= 4 is 5.91 Å². The summed E-state index contributed by atoms with van der Waals surface area (Å²) in [5.74, 6) is 0.542. The number of hydrogen-bond donors (Lipinski definition) is 1. The number of nitrogens with one attached hydrogen (secondary N) is 1. The first-order valence-corrected chi connectivity index (χ1v) is 7.39. The summed E-state index contributed by atoms with van der Waals surface area (Å²) >= 11 is 0. The van der Waals surface area contributed by atoms with Gasteiger partial charge < -0.3 is 10.1 Å². The maximum Gasteiger partial charge on any atom is 0.258 e. The lowest BCUT2D eigenvalue weighted by molar-refractivity contribution is 0.0931. The normalized spacial score (nSPS) is 13.5. The van der Waals surface area contributed by atoms with Crippen molar-refractivity contribution in [3.63, 3.8) is 0 Å². The van der Waals surface area contributed by atoms with Crippen molar-refractivity contribution in [2.24, 2.45) is 7.05 Å². The lowest BCUT2D eigenvalue weighted by atomic mass is 9.94. The molecule has 0 aliphatic rings. The van der Waals surface area contributed by atoms with Gasteiger partial charge in [0.05, 0.1) is 12.8 Å². The number of nitrogens with zero attached hydrogens (tertiary/aromatic N) is 2. The fraction of sp³-hybridized carbons (Fsp3) is 0.412. The Morgan fingerprint density at radius 2 is 1.91 bits per heavy atom. The first-order chi connectivity index (χ1) is 10.5. The van der Waals surface area contributed by atoms with Crippen molar-refractivity contribution in [3.8, 4) is 5.88 Å². The van der Waals surface area contributed by atoms with Crippen LogP contribution in [-0.4, -0.2) is 28.8 Å². The molecule has 2 aromatic rings. The van der Waals surface area contributed by atoms with Gasteiger partial charge >= 0.3 is 0 Å². The Morgan fingerprint density at radius 3 is 2.50 bits per heavy atom. The summed E-state index contributed by atoms with van der Waals surface area (Å²) in [4.78, 5) is 12.6. The van der Waals surface area contributed by atoms with Crippen LogP contribution in [0.25, 0.3) is 0 Å². The van der Waals surface area contributed by atoms with Crippen LogP contribution in [0.4, 0.5) is 0 Å². The van der Waals surface area contributed by atoms with Crippen LogP contribution >= 0.6 is 0 Å². The molecule has 2 atom stereocenters. The van der Waals surface area contributed by atoms with Gasteiger partial charge in [-0.05, 0) is 19.4 Å². The third kappa shape index (κ3) is 3.13. The molecule has 2 rings (SSSR count). The van der Waals surface area contributed by atoms with E-state index in [9.17, 15) is 4.79 Å². The van der Waals surface area contributed by atoms with E-state index in [0.29, 0.717) is 17.1 Å². The number of carbonyl (C=O) groups excluding carboxylic acids is 1. The minimum absolute atomic E-state index is 0.000729. The van der Waals surface area contributed by atoms with Gasteiger partial charge in [-0.2, -0.15) is 5.10 Å². The molecule has 1 amide bonds. The van der Waals surface area contributed by atoms with E-state index in [1.54, 1.807) is 18.8 Å². The minimum atomic E-state index is -0.155. The third-order valence-electron chi connectivity index (χ3n) is 4.02. The monoisotopic (exact) mass is 301 g/mol. The van der Waals surface area contributed by atoms with Crippen molar-refractivity contribution in [2.75, 3.05) is 7.11 Å². The molecule has 5 heteroatoms. The van der Waals surface area contributed by atoms with Crippen LogP contribution in [0, 0.1) is 6.92 Å². The molecule has 0 unspecified atom stereocenters. The van der Waals surface area contributed by atoms with Gasteiger partial charge in [0.25, 0.3) is 5.91 Å². The molecule has 0 saturated carbocycles. The molecule has 0 spiro atoms. The second-order valence-corrected chi connectivity index (χ2v) is 5.55. The van der Waals surface area contributed by atoms with Crippen LogP contribution in [-0.2, 0) is 7.05 Å². The number of benzene rings is 1. The van der Waals surface area contributed by atoms with Gasteiger partial charge in [-0.15, -0.1) is 0 Å². The Balaban J connectivity index is 2.15. The summed E-state index contributed by atoms with van der Waals surface area (Å²) in [7, 11) is 3.31. The number of amides is 1. The molecule has 1 N–H and O–H groups in total. The molecule has 1 aromatic carbocycles. The standard InChI is InChI=1S/C17H23N3O2/c1-11(14-9-7-6-8-10-14)12(2)18-16(21)15-13(3)19-20(4)17(15)22-5/h6-12H,1-5H3,(H,18,21)/t11-,12-/m0/s1. The van der Waals surface area contributed by atoms with Crippen molar-refractivity contribution in [3.05, 3.63) is 47.2 Å². The van der Waals surface area contributed by atoms with E-state index < -0.39 is 0 Å². The topological polar surface area (TPSA) is 56.1 Å². The number of aryl methyl sites for hydroxylation is 2. The van der Waals surface area contributed by atoms with Gasteiger partial charge in [0.2, 0.25) is 5.88 Å². The first-order valence-electron chi connectivity index (χ1n) is 7.39. The summed E-state index contributed by atoms with van der Waals surface area (Å²) in [6.07, 6.45) is 0. The molecule has 22 heavy (non-hydrogen) atoms. The number of rotatable bonds is 5. The van der Waals surface area contributed by atoms with Crippen LogP contribution in [0.5, 0.6) is 5.88 Å². The second-order valence-electron chi connectivity index (χ2n) is 5.55. The third-order valence-corrected chi connectivity index (χ3v) is 4.02. The van der Waals surface area contributed by atoms with E-state index in [1.165, 1.54) is 5.56 Å². The molecule has 0 aliphatic carbocycles. The summed E-state index contributed by atoms with van der Waals surface area (Å²) in [5, 5.41) is 7.30. The lowest BCUT2D eigenvalue weighted by Crippen LogP contribution is -2.36. The highest BCUT2D eigenvalue weighted by Crippen LogP contribution is 2.23. The molecule has 0 saturated heterocycles. The smallest absolute Gasteiger partial charge is 0.258 e. The van der Waals surface area contributed by atoms with Crippen LogP contribution < -0.4 is 10.1 Å². The number of ether oxygens (including phenoxy) is 1. The SMILES string of the molecule is COc1c(C(=O)N[C@@H](C)[C@H](C)c2ccccc2)c(C)nn1C. The highest BCUT2D eigenvalue weighted by atomic mass is 16.5. The maximum absolute atomic E-state index is 12.6. The first kappa shape index (κ1) is 16.1. The van der Waals surface area contributed by atoms with Crippen LogP contribution in [0.15, 0.2) is 30.3 Å². The average molecular weight is 301 g/mol. The highest BCUT2D eigenvalue weighted by Gasteiger charge is 2.24. The molecule has 1 heterocycles. The Bertz CT molecular complexity index is 649. The number of hydrogen-bond acceptors (Lipinski definition) is 3. The summed E-state index contributed by atoms with van der Waals surface area (Å²) in [6.45, 7) is 5.92. The Hall–Kier alpha value is -2.30. The molecule has 5 nitrogen and oxygen atoms in total. The maximum atomic E-state index is 12.6. The average Bonchev–Trinajstić information content (AvgIpc) is 2.80. The quantitative estimate of drug-likeness (QED) is 0.923. The largest absolute Gasteiger partial charge is 0.481 e. The summed E-state index contributed by atoms with van der Waals surface area (Å²) in [5.41, 5.74) is 2.36. The van der Waals surface area contributed by atoms with Crippen molar-refractivity contribution in [1.82, 2.24) is 15.1 Å². The molecular weight excluding hydrogens is 278 g/mol. The summed E-state index contributed by atoms with van der Waals surface area (Å²) in [6, 6.07) is 10.2. The van der Waals surface area contributed by atoms with Gasteiger partial charge in [0.1, 0.15) is 5.56 Å².